The van der Waals surface area contributed by atoms with E-state index in [0.29, 0.717) is 17.4 Å². The van der Waals surface area contributed by atoms with Gasteiger partial charge in [-0.2, -0.15) is 9.97 Å². The maximum absolute atomic E-state index is 4.48. The second-order valence-electron chi connectivity index (χ2n) is 4.69. The van der Waals surface area contributed by atoms with E-state index >= 15 is 0 Å². The summed E-state index contributed by atoms with van der Waals surface area (Å²) in [6.07, 6.45) is 3.27. The van der Waals surface area contributed by atoms with Crippen molar-refractivity contribution in [2.45, 2.75) is 19.9 Å². The number of H-pyrrole nitrogens is 1. The van der Waals surface area contributed by atoms with Crippen LogP contribution in [0.3, 0.4) is 0 Å². The Hall–Kier alpha value is -2.71. The average Bonchev–Trinajstić information content (AvgIpc) is 3.07. The Balaban J connectivity index is 1.95. The summed E-state index contributed by atoms with van der Waals surface area (Å²) in [5, 5.41) is 14.4. The predicted octanol–water partition coefficient (Wildman–Crippen LogP) is 1.09. The molecule has 3 aromatic rings. The van der Waals surface area contributed by atoms with Gasteiger partial charge in [0.05, 0.1) is 12.4 Å². The van der Waals surface area contributed by atoms with Crippen LogP contribution >= 0.6 is 0 Å². The third-order valence-electron chi connectivity index (χ3n) is 3.11. The molecule has 0 amide bonds. The number of hydrogen-bond donors (Lipinski definition) is 3. The first-order valence-electron chi connectivity index (χ1n) is 6.74. The van der Waals surface area contributed by atoms with E-state index in [-0.39, 0.29) is 6.04 Å². The lowest BCUT2D eigenvalue weighted by Gasteiger charge is -2.14. The van der Waals surface area contributed by atoms with E-state index in [1.807, 2.05) is 25.5 Å². The van der Waals surface area contributed by atoms with Gasteiger partial charge in [-0.1, -0.05) is 0 Å². The maximum atomic E-state index is 4.48. The molecule has 1 atom stereocenters. The van der Waals surface area contributed by atoms with Crippen molar-refractivity contribution in [3.63, 3.8) is 0 Å². The van der Waals surface area contributed by atoms with Gasteiger partial charge in [0.2, 0.25) is 5.95 Å². The lowest BCUT2D eigenvalue weighted by atomic mass is 10.3. The maximum Gasteiger partial charge on any atom is 0.226 e. The molecular weight excluding hydrogens is 270 g/mol. The number of nitrogens with one attached hydrogen (secondary N) is 3. The number of aromatic nitrogens is 7. The van der Waals surface area contributed by atoms with E-state index in [4.69, 9.17) is 0 Å². The molecule has 0 radical (unpaired) electrons. The Bertz CT molecular complexity index is 744. The van der Waals surface area contributed by atoms with E-state index in [2.05, 4.69) is 40.8 Å². The van der Waals surface area contributed by atoms with Crippen molar-refractivity contribution in [2.75, 3.05) is 17.2 Å². The highest BCUT2D eigenvalue weighted by atomic mass is 15.3. The first kappa shape index (κ1) is 13.3. The zero-order valence-corrected chi connectivity index (χ0v) is 12.1. The lowest BCUT2D eigenvalue weighted by Crippen LogP contribution is -2.14. The Morgan fingerprint density at radius 2 is 2.24 bits per heavy atom. The Morgan fingerprint density at radius 1 is 1.38 bits per heavy atom. The fourth-order valence-corrected chi connectivity index (χ4v) is 2.13. The average molecular weight is 287 g/mol. The summed E-state index contributed by atoms with van der Waals surface area (Å²) < 4.78 is 1.87. The van der Waals surface area contributed by atoms with Crippen LogP contribution in [-0.4, -0.2) is 41.2 Å². The van der Waals surface area contributed by atoms with Gasteiger partial charge in [0.1, 0.15) is 11.8 Å². The highest BCUT2D eigenvalue weighted by Crippen LogP contribution is 2.22. The molecule has 0 saturated heterocycles. The van der Waals surface area contributed by atoms with Gasteiger partial charge >= 0.3 is 0 Å². The first-order chi connectivity index (χ1) is 10.2. The van der Waals surface area contributed by atoms with Crippen molar-refractivity contribution in [1.82, 2.24) is 34.7 Å². The monoisotopic (exact) mass is 287 g/mol. The molecule has 3 rings (SSSR count). The number of aryl methyl sites for hydroxylation is 1. The van der Waals surface area contributed by atoms with E-state index in [9.17, 15) is 0 Å². The van der Waals surface area contributed by atoms with Gasteiger partial charge in [-0.3, -0.25) is 0 Å². The SMILES string of the molecule is CCNc1nc(NC(C)c2nncn2C)c2[nH]cnc2n1. The highest BCUT2D eigenvalue weighted by Gasteiger charge is 2.16. The van der Waals surface area contributed by atoms with Crippen molar-refractivity contribution >= 4 is 22.9 Å². The van der Waals surface area contributed by atoms with Crippen LogP contribution in [0.5, 0.6) is 0 Å². The summed E-state index contributed by atoms with van der Waals surface area (Å²) in [7, 11) is 1.91. The van der Waals surface area contributed by atoms with Gasteiger partial charge in [0.25, 0.3) is 0 Å². The van der Waals surface area contributed by atoms with E-state index in [1.165, 1.54) is 0 Å². The molecule has 3 aromatic heterocycles. The molecule has 1 unspecified atom stereocenters. The predicted molar refractivity (Wildman–Crippen MR) is 78.9 cm³/mol. The fourth-order valence-electron chi connectivity index (χ4n) is 2.13. The standard InChI is InChI=1S/C12H17N9/c1-4-13-12-18-9-8(14-5-15-9)10(19-12)17-7(2)11-20-16-6-21(11)3/h5-7H,4H2,1-3H3,(H3,13,14,15,17,18,19). The molecule has 0 spiro atoms. The molecule has 0 aliphatic rings. The molecule has 0 aliphatic heterocycles. The Kier molecular flexibility index (Phi) is 3.38. The van der Waals surface area contributed by atoms with Crippen molar-refractivity contribution in [3.05, 3.63) is 18.5 Å². The molecule has 0 saturated carbocycles. The summed E-state index contributed by atoms with van der Waals surface area (Å²) >= 11 is 0. The van der Waals surface area contributed by atoms with Gasteiger partial charge < -0.3 is 20.2 Å². The van der Waals surface area contributed by atoms with Gasteiger partial charge in [-0.15, -0.1) is 10.2 Å². The van der Waals surface area contributed by atoms with E-state index in [1.54, 1.807) is 12.7 Å². The molecule has 0 aromatic carbocycles. The second kappa shape index (κ2) is 5.35. The molecule has 3 heterocycles. The number of fused-ring (bicyclic) bond motifs is 1. The summed E-state index contributed by atoms with van der Waals surface area (Å²) in [6.45, 7) is 4.74. The van der Waals surface area contributed by atoms with Crippen LogP contribution in [0, 0.1) is 0 Å². The molecule has 0 bridgehead atoms. The quantitative estimate of drug-likeness (QED) is 0.644. The highest BCUT2D eigenvalue weighted by molar-refractivity contribution is 5.83. The zero-order chi connectivity index (χ0) is 14.8. The molecule has 0 aliphatic carbocycles. The Morgan fingerprint density at radius 3 is 2.95 bits per heavy atom. The van der Waals surface area contributed by atoms with Crippen LogP contribution in [-0.2, 0) is 7.05 Å². The molecule has 0 fully saturated rings. The van der Waals surface area contributed by atoms with Crippen molar-refractivity contribution in [2.24, 2.45) is 7.05 Å². The molecular formula is C12H17N9. The summed E-state index contributed by atoms with van der Waals surface area (Å²) in [5.41, 5.74) is 1.39. The minimum Gasteiger partial charge on any atom is -0.358 e. The largest absolute Gasteiger partial charge is 0.358 e. The third kappa shape index (κ3) is 2.49. The van der Waals surface area contributed by atoms with Gasteiger partial charge in [-0.05, 0) is 13.8 Å². The van der Waals surface area contributed by atoms with Crippen LogP contribution in [0.25, 0.3) is 11.2 Å². The smallest absolute Gasteiger partial charge is 0.226 e. The topological polar surface area (TPSA) is 109 Å². The number of hydrogen-bond acceptors (Lipinski definition) is 7. The summed E-state index contributed by atoms with van der Waals surface area (Å²) in [6, 6.07) is -0.0478. The third-order valence-corrected chi connectivity index (χ3v) is 3.11. The van der Waals surface area contributed by atoms with E-state index < -0.39 is 0 Å². The molecule has 21 heavy (non-hydrogen) atoms. The molecule has 9 heteroatoms. The van der Waals surface area contributed by atoms with Crippen molar-refractivity contribution < 1.29 is 0 Å². The van der Waals surface area contributed by atoms with Crippen molar-refractivity contribution in [3.8, 4) is 0 Å². The number of aromatic amines is 1. The molecule has 3 N–H and O–H groups in total. The zero-order valence-electron chi connectivity index (χ0n) is 12.1. The van der Waals surface area contributed by atoms with Crippen LogP contribution in [0.15, 0.2) is 12.7 Å². The minimum absolute atomic E-state index is 0.0478. The van der Waals surface area contributed by atoms with Gasteiger partial charge in [0.15, 0.2) is 17.3 Å². The van der Waals surface area contributed by atoms with Crippen LogP contribution in [0.4, 0.5) is 11.8 Å². The first-order valence-corrected chi connectivity index (χ1v) is 6.74. The summed E-state index contributed by atoms with van der Waals surface area (Å²) in [5.74, 6) is 2.06. The number of nitrogens with zero attached hydrogens (tertiary/aromatic N) is 6. The van der Waals surface area contributed by atoms with Crippen LogP contribution in [0.2, 0.25) is 0 Å². The number of rotatable bonds is 5. The fraction of sp³-hybridized carbons (Fsp3) is 0.417. The molecule has 9 nitrogen and oxygen atoms in total. The van der Waals surface area contributed by atoms with Crippen molar-refractivity contribution in [1.29, 1.82) is 0 Å². The van der Waals surface area contributed by atoms with Gasteiger partial charge in [-0.25, -0.2) is 4.98 Å². The van der Waals surface area contributed by atoms with Crippen LogP contribution < -0.4 is 10.6 Å². The number of anilines is 2. The van der Waals surface area contributed by atoms with E-state index in [0.717, 1.165) is 17.9 Å². The van der Waals surface area contributed by atoms with Crippen LogP contribution in [0.1, 0.15) is 25.7 Å². The Labute approximate surface area is 121 Å². The molecule has 110 valence electrons. The summed E-state index contributed by atoms with van der Waals surface area (Å²) in [4.78, 5) is 16.1. The lowest BCUT2D eigenvalue weighted by molar-refractivity contribution is 0.717. The minimum atomic E-state index is -0.0478. The number of imidazole rings is 1. The second-order valence-corrected chi connectivity index (χ2v) is 4.69. The normalized spacial score (nSPS) is 12.5. The van der Waals surface area contributed by atoms with Gasteiger partial charge in [0, 0.05) is 13.6 Å².